The van der Waals surface area contributed by atoms with E-state index in [4.69, 9.17) is 0 Å². The van der Waals surface area contributed by atoms with Gasteiger partial charge in [0.2, 0.25) is 5.91 Å². The molecule has 104 valence electrons. The first kappa shape index (κ1) is 13.9. The quantitative estimate of drug-likeness (QED) is 0.770. The van der Waals surface area contributed by atoms with Crippen LogP contribution < -0.4 is 0 Å². The molecule has 2 unspecified atom stereocenters. The molecule has 2 saturated heterocycles. The third-order valence-electron chi connectivity index (χ3n) is 4.62. The van der Waals surface area contributed by atoms with Crippen LogP contribution >= 0.6 is 0 Å². The van der Waals surface area contributed by atoms with E-state index in [9.17, 15) is 4.79 Å². The van der Waals surface area contributed by atoms with Crippen molar-refractivity contribution in [1.29, 1.82) is 0 Å². The van der Waals surface area contributed by atoms with Crippen molar-refractivity contribution in [2.24, 2.45) is 5.92 Å². The van der Waals surface area contributed by atoms with Gasteiger partial charge in [-0.05, 0) is 51.6 Å². The van der Waals surface area contributed by atoms with Gasteiger partial charge in [-0.1, -0.05) is 13.3 Å². The number of carbonyl (C=O) groups excluding carboxylic acids is 1. The summed E-state index contributed by atoms with van der Waals surface area (Å²) in [5.41, 5.74) is 0. The number of likely N-dealkylation sites (tertiary alicyclic amines) is 2. The van der Waals surface area contributed by atoms with Gasteiger partial charge >= 0.3 is 0 Å². The SMILES string of the molecule is CC1CCCN(C(=O)CCC2CCCCN2C)C1. The second kappa shape index (κ2) is 6.55. The topological polar surface area (TPSA) is 23.6 Å². The molecule has 2 aliphatic rings. The fraction of sp³-hybridized carbons (Fsp3) is 0.933. The van der Waals surface area contributed by atoms with E-state index in [1.807, 2.05) is 0 Å². The van der Waals surface area contributed by atoms with Crippen molar-refractivity contribution >= 4 is 5.91 Å². The number of amides is 1. The van der Waals surface area contributed by atoms with Gasteiger partial charge in [-0.25, -0.2) is 0 Å². The first-order chi connectivity index (χ1) is 8.66. The zero-order valence-electron chi connectivity index (χ0n) is 12.0. The average Bonchev–Trinajstić information content (AvgIpc) is 2.37. The minimum atomic E-state index is 0.389. The van der Waals surface area contributed by atoms with Crippen LogP contribution in [0.4, 0.5) is 0 Å². The van der Waals surface area contributed by atoms with E-state index in [0.717, 1.165) is 25.9 Å². The van der Waals surface area contributed by atoms with Gasteiger partial charge in [-0.15, -0.1) is 0 Å². The van der Waals surface area contributed by atoms with E-state index in [2.05, 4.69) is 23.8 Å². The average molecular weight is 252 g/mol. The van der Waals surface area contributed by atoms with Crippen molar-refractivity contribution in [2.45, 2.75) is 57.9 Å². The van der Waals surface area contributed by atoms with E-state index in [1.54, 1.807) is 0 Å². The summed E-state index contributed by atoms with van der Waals surface area (Å²) in [4.78, 5) is 16.7. The fourth-order valence-electron chi connectivity index (χ4n) is 3.37. The standard InChI is InChI=1S/C15H28N2O/c1-13-6-5-11-17(12-13)15(18)9-8-14-7-3-4-10-16(14)2/h13-14H,3-12H2,1-2H3. The van der Waals surface area contributed by atoms with Gasteiger partial charge in [0.05, 0.1) is 0 Å². The molecule has 0 spiro atoms. The highest BCUT2D eigenvalue weighted by molar-refractivity contribution is 5.76. The van der Waals surface area contributed by atoms with Crippen LogP contribution in [0.1, 0.15) is 51.9 Å². The van der Waals surface area contributed by atoms with Crippen LogP contribution in [0.25, 0.3) is 0 Å². The number of hydrogen-bond donors (Lipinski definition) is 0. The molecule has 3 nitrogen and oxygen atoms in total. The van der Waals surface area contributed by atoms with E-state index in [0.29, 0.717) is 17.9 Å². The molecule has 0 saturated carbocycles. The summed E-state index contributed by atoms with van der Waals surface area (Å²) in [6.07, 6.45) is 8.22. The molecule has 2 heterocycles. The van der Waals surface area contributed by atoms with E-state index >= 15 is 0 Å². The van der Waals surface area contributed by atoms with E-state index in [-0.39, 0.29) is 0 Å². The van der Waals surface area contributed by atoms with Crippen molar-refractivity contribution in [3.05, 3.63) is 0 Å². The molecule has 1 amide bonds. The lowest BCUT2D eigenvalue weighted by Gasteiger charge is -2.34. The van der Waals surface area contributed by atoms with Gasteiger partial charge in [0.25, 0.3) is 0 Å². The van der Waals surface area contributed by atoms with Crippen LogP contribution in [-0.4, -0.2) is 48.4 Å². The maximum atomic E-state index is 12.2. The predicted molar refractivity (Wildman–Crippen MR) is 74.5 cm³/mol. The lowest BCUT2D eigenvalue weighted by Crippen LogP contribution is -2.41. The lowest BCUT2D eigenvalue weighted by molar-refractivity contribution is -0.133. The van der Waals surface area contributed by atoms with Gasteiger partial charge in [0.1, 0.15) is 0 Å². The Kier molecular flexibility index (Phi) is 5.04. The van der Waals surface area contributed by atoms with Crippen LogP contribution in [0.3, 0.4) is 0 Å². The summed E-state index contributed by atoms with van der Waals surface area (Å²) < 4.78 is 0. The van der Waals surface area contributed by atoms with Crippen molar-refractivity contribution in [3.8, 4) is 0 Å². The number of nitrogens with zero attached hydrogens (tertiary/aromatic N) is 2. The zero-order valence-corrected chi connectivity index (χ0v) is 12.0. The maximum absolute atomic E-state index is 12.2. The molecule has 0 radical (unpaired) electrons. The highest BCUT2D eigenvalue weighted by Crippen LogP contribution is 2.21. The molecule has 18 heavy (non-hydrogen) atoms. The van der Waals surface area contributed by atoms with Gasteiger partial charge in [0, 0.05) is 25.6 Å². The van der Waals surface area contributed by atoms with Gasteiger partial charge in [-0.2, -0.15) is 0 Å². The Morgan fingerprint density at radius 1 is 1.17 bits per heavy atom. The van der Waals surface area contributed by atoms with Gasteiger partial charge < -0.3 is 9.80 Å². The Morgan fingerprint density at radius 3 is 2.72 bits per heavy atom. The molecule has 0 N–H and O–H groups in total. The molecule has 3 heteroatoms. The normalized spacial score (nSPS) is 30.4. The summed E-state index contributed by atoms with van der Waals surface area (Å²) in [5, 5.41) is 0. The molecule has 0 aliphatic carbocycles. The molecule has 2 atom stereocenters. The van der Waals surface area contributed by atoms with Crippen LogP contribution in [-0.2, 0) is 4.79 Å². The van der Waals surface area contributed by atoms with Crippen molar-refractivity contribution < 1.29 is 4.79 Å². The number of carbonyl (C=O) groups is 1. The molecule has 2 rings (SSSR count). The van der Waals surface area contributed by atoms with Crippen LogP contribution in [0, 0.1) is 5.92 Å². The smallest absolute Gasteiger partial charge is 0.222 e. The molecule has 0 aromatic rings. The van der Waals surface area contributed by atoms with Crippen molar-refractivity contribution in [1.82, 2.24) is 9.80 Å². The first-order valence-electron chi connectivity index (χ1n) is 7.65. The molecular formula is C15H28N2O. The molecule has 0 aromatic carbocycles. The monoisotopic (exact) mass is 252 g/mol. The molecule has 0 bridgehead atoms. The Morgan fingerprint density at radius 2 is 2.00 bits per heavy atom. The van der Waals surface area contributed by atoms with Gasteiger partial charge in [-0.3, -0.25) is 4.79 Å². The number of hydrogen-bond acceptors (Lipinski definition) is 2. The highest BCUT2D eigenvalue weighted by Gasteiger charge is 2.23. The second-order valence-electron chi connectivity index (χ2n) is 6.26. The zero-order chi connectivity index (χ0) is 13.0. The van der Waals surface area contributed by atoms with E-state index < -0.39 is 0 Å². The Balaban J connectivity index is 1.73. The van der Waals surface area contributed by atoms with Gasteiger partial charge in [0.15, 0.2) is 0 Å². The molecule has 2 fully saturated rings. The summed E-state index contributed by atoms with van der Waals surface area (Å²) in [5.74, 6) is 1.08. The minimum absolute atomic E-state index is 0.389. The largest absolute Gasteiger partial charge is 0.342 e. The van der Waals surface area contributed by atoms with Crippen LogP contribution in [0.2, 0.25) is 0 Å². The van der Waals surface area contributed by atoms with Crippen molar-refractivity contribution in [3.63, 3.8) is 0 Å². The summed E-state index contributed by atoms with van der Waals surface area (Å²) in [6, 6.07) is 0.643. The summed E-state index contributed by atoms with van der Waals surface area (Å²) >= 11 is 0. The molecule has 0 aromatic heterocycles. The second-order valence-corrected chi connectivity index (χ2v) is 6.26. The van der Waals surface area contributed by atoms with Crippen molar-refractivity contribution in [2.75, 3.05) is 26.7 Å². The van der Waals surface area contributed by atoms with Crippen LogP contribution in [0.15, 0.2) is 0 Å². The summed E-state index contributed by atoms with van der Waals surface area (Å²) in [7, 11) is 2.21. The minimum Gasteiger partial charge on any atom is -0.342 e. The highest BCUT2D eigenvalue weighted by atomic mass is 16.2. The van der Waals surface area contributed by atoms with Crippen LogP contribution in [0.5, 0.6) is 0 Å². The summed E-state index contributed by atoms with van der Waals surface area (Å²) in [6.45, 7) is 5.44. The molecular weight excluding hydrogens is 224 g/mol. The lowest BCUT2D eigenvalue weighted by atomic mass is 9.97. The number of piperidine rings is 2. The number of rotatable bonds is 3. The Hall–Kier alpha value is -0.570. The maximum Gasteiger partial charge on any atom is 0.222 e. The molecule has 2 aliphatic heterocycles. The third kappa shape index (κ3) is 3.71. The predicted octanol–water partition coefficient (Wildman–Crippen LogP) is 2.51. The third-order valence-corrected chi connectivity index (χ3v) is 4.62. The van der Waals surface area contributed by atoms with E-state index in [1.165, 1.54) is 38.6 Å². The fourth-order valence-corrected chi connectivity index (χ4v) is 3.37. The Labute approximate surface area is 112 Å². The first-order valence-corrected chi connectivity index (χ1v) is 7.65. The Bertz CT molecular complexity index is 280.